The maximum atomic E-state index is 14.6. The van der Waals surface area contributed by atoms with Gasteiger partial charge in [-0.3, -0.25) is 4.90 Å². The van der Waals surface area contributed by atoms with Crippen molar-refractivity contribution in [2.24, 2.45) is 0 Å². The van der Waals surface area contributed by atoms with Crippen LogP contribution in [-0.2, 0) is 23.2 Å². The monoisotopic (exact) mass is 509 g/mol. The molecule has 1 saturated heterocycles. The van der Waals surface area contributed by atoms with Crippen molar-refractivity contribution in [3.8, 4) is 0 Å². The number of halogens is 2. The van der Waals surface area contributed by atoms with Gasteiger partial charge in [-0.1, -0.05) is 6.07 Å². The second-order valence-electron chi connectivity index (χ2n) is 10.6. The van der Waals surface area contributed by atoms with E-state index in [0.717, 1.165) is 53.3 Å². The number of morpholine rings is 1. The second-order valence-corrected chi connectivity index (χ2v) is 10.6. The minimum atomic E-state index is -0.598. The lowest BCUT2D eigenvalue weighted by Gasteiger charge is -2.27. The Morgan fingerprint density at radius 1 is 1.00 bits per heavy atom. The molecule has 0 spiro atoms. The molecule has 196 valence electrons. The standard InChI is InChI=1S/C27H33F2N7O/c1-17-12-25(36(32-17)27(3,4)5)31-24-14-20(16-34-8-10-37-11-9-34)26-30-18(2)23(35(26)33-24)13-19-6-7-21(28)15-22(19)29/h6-7,12,14-15H,8-11,13,16H2,1-5H3,(H,31,33). The van der Waals surface area contributed by atoms with Crippen molar-refractivity contribution in [1.29, 1.82) is 0 Å². The fraction of sp³-hybridized carbons (Fsp3) is 0.444. The third-order valence-corrected chi connectivity index (χ3v) is 6.55. The van der Waals surface area contributed by atoms with E-state index in [2.05, 4.69) is 36.1 Å². The largest absolute Gasteiger partial charge is 0.379 e. The molecule has 10 heteroatoms. The first kappa shape index (κ1) is 25.3. The van der Waals surface area contributed by atoms with Gasteiger partial charge in [0.2, 0.25) is 0 Å². The summed E-state index contributed by atoms with van der Waals surface area (Å²) in [7, 11) is 0. The van der Waals surface area contributed by atoms with Crippen LogP contribution in [0.4, 0.5) is 20.4 Å². The zero-order valence-electron chi connectivity index (χ0n) is 22.0. The molecule has 1 aliphatic rings. The number of aromatic nitrogens is 5. The van der Waals surface area contributed by atoms with E-state index in [-0.39, 0.29) is 12.0 Å². The van der Waals surface area contributed by atoms with Crippen molar-refractivity contribution in [2.75, 3.05) is 31.6 Å². The number of rotatable bonds is 6. The van der Waals surface area contributed by atoms with Gasteiger partial charge in [-0.25, -0.2) is 23.0 Å². The Labute approximate surface area is 215 Å². The SMILES string of the molecule is Cc1cc(Nc2cc(CN3CCOCC3)c3nc(C)c(Cc4ccc(F)cc4F)n3n2)n(C(C)(C)C)n1. The average Bonchev–Trinajstić information content (AvgIpc) is 3.36. The van der Waals surface area contributed by atoms with Crippen LogP contribution in [0.3, 0.4) is 0 Å². The summed E-state index contributed by atoms with van der Waals surface area (Å²) in [6.45, 7) is 13.9. The molecule has 0 radical (unpaired) electrons. The van der Waals surface area contributed by atoms with Gasteiger partial charge in [-0.2, -0.15) is 5.10 Å². The first-order valence-electron chi connectivity index (χ1n) is 12.5. The van der Waals surface area contributed by atoms with Gasteiger partial charge in [-0.05, 0) is 52.3 Å². The highest BCUT2D eigenvalue weighted by Crippen LogP contribution is 2.27. The van der Waals surface area contributed by atoms with Crippen LogP contribution in [0.25, 0.3) is 5.65 Å². The first-order chi connectivity index (χ1) is 17.6. The van der Waals surface area contributed by atoms with Crippen LogP contribution in [0, 0.1) is 25.5 Å². The van der Waals surface area contributed by atoms with E-state index in [9.17, 15) is 8.78 Å². The molecule has 0 bridgehead atoms. The minimum absolute atomic E-state index is 0.228. The molecule has 3 aromatic heterocycles. The zero-order valence-corrected chi connectivity index (χ0v) is 22.0. The number of fused-ring (bicyclic) bond motifs is 1. The summed E-state index contributed by atoms with van der Waals surface area (Å²) < 4.78 is 37.3. The highest BCUT2D eigenvalue weighted by Gasteiger charge is 2.22. The Kier molecular flexibility index (Phi) is 6.72. The van der Waals surface area contributed by atoms with Gasteiger partial charge < -0.3 is 10.1 Å². The van der Waals surface area contributed by atoms with Gasteiger partial charge in [0.05, 0.1) is 35.8 Å². The molecule has 1 aliphatic heterocycles. The molecule has 4 aromatic rings. The fourth-order valence-electron chi connectivity index (χ4n) is 4.69. The van der Waals surface area contributed by atoms with Crippen molar-refractivity contribution < 1.29 is 13.5 Å². The van der Waals surface area contributed by atoms with Gasteiger partial charge in [-0.15, -0.1) is 5.10 Å². The van der Waals surface area contributed by atoms with E-state index in [0.29, 0.717) is 31.1 Å². The van der Waals surface area contributed by atoms with Crippen LogP contribution in [0.2, 0.25) is 0 Å². The van der Waals surface area contributed by atoms with Crippen molar-refractivity contribution in [2.45, 2.75) is 53.1 Å². The molecule has 8 nitrogen and oxygen atoms in total. The third kappa shape index (κ3) is 5.35. The summed E-state index contributed by atoms with van der Waals surface area (Å²) >= 11 is 0. The smallest absolute Gasteiger partial charge is 0.158 e. The zero-order chi connectivity index (χ0) is 26.3. The number of ether oxygens (including phenoxy) is 1. The van der Waals surface area contributed by atoms with E-state index in [4.69, 9.17) is 14.8 Å². The third-order valence-electron chi connectivity index (χ3n) is 6.55. The summed E-state index contributed by atoms with van der Waals surface area (Å²) in [4.78, 5) is 7.16. The van der Waals surface area contributed by atoms with Gasteiger partial charge >= 0.3 is 0 Å². The Morgan fingerprint density at radius 3 is 2.46 bits per heavy atom. The molecule has 0 aliphatic carbocycles. The van der Waals surface area contributed by atoms with Crippen LogP contribution in [-0.4, -0.2) is 55.6 Å². The Hall–Kier alpha value is -3.37. The maximum absolute atomic E-state index is 14.6. The van der Waals surface area contributed by atoms with E-state index >= 15 is 0 Å². The lowest BCUT2D eigenvalue weighted by atomic mass is 10.1. The first-order valence-corrected chi connectivity index (χ1v) is 12.5. The molecule has 0 unspecified atom stereocenters. The molecule has 4 heterocycles. The molecule has 0 atom stereocenters. The van der Waals surface area contributed by atoms with Crippen molar-refractivity contribution >= 4 is 17.3 Å². The van der Waals surface area contributed by atoms with Crippen molar-refractivity contribution in [3.63, 3.8) is 0 Å². The molecule has 1 aromatic carbocycles. The average molecular weight is 510 g/mol. The number of aryl methyl sites for hydroxylation is 2. The van der Waals surface area contributed by atoms with Crippen LogP contribution >= 0.6 is 0 Å². The van der Waals surface area contributed by atoms with Crippen LogP contribution < -0.4 is 5.32 Å². The maximum Gasteiger partial charge on any atom is 0.158 e. The number of benzene rings is 1. The number of hydrogen-bond donors (Lipinski definition) is 1. The fourth-order valence-corrected chi connectivity index (χ4v) is 4.69. The summed E-state index contributed by atoms with van der Waals surface area (Å²) in [6, 6.07) is 7.68. The highest BCUT2D eigenvalue weighted by molar-refractivity contribution is 5.60. The molecule has 1 N–H and O–H groups in total. The molecule has 1 fully saturated rings. The van der Waals surface area contributed by atoms with E-state index in [1.54, 1.807) is 4.52 Å². The van der Waals surface area contributed by atoms with Gasteiger partial charge in [0.25, 0.3) is 0 Å². The Bertz CT molecular complexity index is 1430. The lowest BCUT2D eigenvalue weighted by molar-refractivity contribution is 0.0343. The normalized spacial score (nSPS) is 15.0. The summed E-state index contributed by atoms with van der Waals surface area (Å²) in [5, 5.41) is 13.0. The highest BCUT2D eigenvalue weighted by atomic mass is 19.1. The Morgan fingerprint density at radius 2 is 1.76 bits per heavy atom. The Balaban J connectivity index is 1.60. The van der Waals surface area contributed by atoms with E-state index in [1.165, 1.54) is 12.1 Å². The number of anilines is 2. The molecule has 0 amide bonds. The topological polar surface area (TPSA) is 72.5 Å². The van der Waals surface area contributed by atoms with Gasteiger partial charge in [0.1, 0.15) is 17.5 Å². The van der Waals surface area contributed by atoms with Crippen LogP contribution in [0.5, 0.6) is 0 Å². The quantitative estimate of drug-likeness (QED) is 0.405. The summed E-state index contributed by atoms with van der Waals surface area (Å²) in [5.74, 6) is 0.289. The molecule has 0 saturated carbocycles. The molecule has 37 heavy (non-hydrogen) atoms. The predicted octanol–water partition coefficient (Wildman–Crippen LogP) is 4.74. The van der Waals surface area contributed by atoms with Crippen LogP contribution in [0.1, 0.15) is 49.0 Å². The van der Waals surface area contributed by atoms with E-state index < -0.39 is 11.6 Å². The van der Waals surface area contributed by atoms with Crippen LogP contribution in [0.15, 0.2) is 30.3 Å². The van der Waals surface area contributed by atoms with E-state index in [1.807, 2.05) is 30.7 Å². The summed E-state index contributed by atoms with van der Waals surface area (Å²) in [6.07, 6.45) is 0.242. The minimum Gasteiger partial charge on any atom is -0.379 e. The molecular formula is C27H33F2N7O. The van der Waals surface area contributed by atoms with Gasteiger partial charge in [0, 0.05) is 43.8 Å². The molecular weight excluding hydrogens is 476 g/mol. The van der Waals surface area contributed by atoms with Gasteiger partial charge in [0.15, 0.2) is 11.5 Å². The van der Waals surface area contributed by atoms with Crippen molar-refractivity contribution in [3.05, 3.63) is 70.2 Å². The number of hydrogen-bond acceptors (Lipinski definition) is 6. The predicted molar refractivity (Wildman–Crippen MR) is 138 cm³/mol. The lowest BCUT2D eigenvalue weighted by Crippen LogP contribution is -2.35. The number of imidazole rings is 1. The second kappa shape index (κ2) is 9.83. The molecule has 5 rings (SSSR count). The summed E-state index contributed by atoms with van der Waals surface area (Å²) in [5.41, 5.74) is 4.31. The number of nitrogens with one attached hydrogen (secondary N) is 1. The van der Waals surface area contributed by atoms with Crippen molar-refractivity contribution in [1.82, 2.24) is 29.3 Å². The number of nitrogens with zero attached hydrogens (tertiary/aromatic N) is 6.